The number of nitrogens with one attached hydrogen (secondary N) is 2. The van der Waals surface area contributed by atoms with Crippen molar-refractivity contribution >= 4 is 23.5 Å². The first-order valence-electron chi connectivity index (χ1n) is 9.06. The molecule has 0 unspecified atom stereocenters. The Morgan fingerprint density at radius 2 is 1.89 bits per heavy atom. The molecule has 0 aliphatic carbocycles. The van der Waals surface area contributed by atoms with Gasteiger partial charge >= 0.3 is 0 Å². The predicted octanol–water partition coefficient (Wildman–Crippen LogP) is 4.10. The van der Waals surface area contributed by atoms with Crippen molar-refractivity contribution in [3.8, 4) is 11.5 Å². The van der Waals surface area contributed by atoms with Crippen LogP contribution in [0.2, 0.25) is 0 Å². The Morgan fingerprint density at radius 3 is 2.63 bits per heavy atom. The molecule has 0 fully saturated rings. The van der Waals surface area contributed by atoms with Gasteiger partial charge in [-0.05, 0) is 74.8 Å². The Kier molecular flexibility index (Phi) is 8.07. The first-order chi connectivity index (χ1) is 13.0. The molecule has 0 aliphatic heterocycles. The molecule has 0 aliphatic rings. The third-order valence-corrected chi connectivity index (χ3v) is 4.11. The van der Waals surface area contributed by atoms with Crippen LogP contribution in [0.1, 0.15) is 36.1 Å². The van der Waals surface area contributed by atoms with Crippen LogP contribution in [0.4, 0.5) is 0 Å². The minimum atomic E-state index is 0.493. The number of thiocarbonyl (C=S) groups is 1. The zero-order valence-electron chi connectivity index (χ0n) is 16.3. The van der Waals surface area contributed by atoms with E-state index in [1.54, 1.807) is 6.21 Å². The number of nitrogens with zero attached hydrogens (tertiary/aromatic N) is 1. The molecule has 0 saturated carbocycles. The molecule has 0 saturated heterocycles. The highest BCUT2D eigenvalue weighted by atomic mass is 32.1. The average Bonchev–Trinajstić information content (AvgIpc) is 2.64. The molecule has 6 heteroatoms. The molecule has 2 aromatic rings. The van der Waals surface area contributed by atoms with Gasteiger partial charge in [0.25, 0.3) is 0 Å². The zero-order chi connectivity index (χ0) is 19.6. The Labute approximate surface area is 166 Å². The summed E-state index contributed by atoms with van der Waals surface area (Å²) in [5.74, 6) is 1.41. The Hall–Kier alpha value is -2.60. The quantitative estimate of drug-likeness (QED) is 0.407. The molecular formula is C21H27N3O2S. The van der Waals surface area contributed by atoms with Crippen molar-refractivity contribution in [2.45, 2.75) is 34.3 Å². The van der Waals surface area contributed by atoms with E-state index in [-0.39, 0.29) is 0 Å². The molecule has 2 rings (SSSR count). The van der Waals surface area contributed by atoms with Crippen LogP contribution in [0.25, 0.3) is 0 Å². The summed E-state index contributed by atoms with van der Waals surface area (Å²) >= 11 is 5.08. The lowest BCUT2D eigenvalue weighted by molar-refractivity contribution is 0.269. The average molecular weight is 386 g/mol. The van der Waals surface area contributed by atoms with Gasteiger partial charge in [-0.25, -0.2) is 0 Å². The van der Waals surface area contributed by atoms with Crippen molar-refractivity contribution in [3.63, 3.8) is 0 Å². The fourth-order valence-corrected chi connectivity index (χ4v) is 2.67. The summed E-state index contributed by atoms with van der Waals surface area (Å²) in [6.45, 7) is 9.91. The minimum absolute atomic E-state index is 0.493. The second kappa shape index (κ2) is 10.5. The van der Waals surface area contributed by atoms with E-state index in [4.69, 9.17) is 21.7 Å². The number of rotatable bonds is 8. The van der Waals surface area contributed by atoms with E-state index >= 15 is 0 Å². The van der Waals surface area contributed by atoms with Crippen LogP contribution < -0.4 is 20.2 Å². The van der Waals surface area contributed by atoms with E-state index in [1.165, 1.54) is 16.7 Å². The van der Waals surface area contributed by atoms with Crippen molar-refractivity contribution < 1.29 is 9.47 Å². The monoisotopic (exact) mass is 385 g/mol. The predicted molar refractivity (Wildman–Crippen MR) is 115 cm³/mol. The standard InChI is InChI=1S/C21H27N3O2S/c1-5-22-21(27)24-23-13-17-9-10-19(20(12-17)25-6-2)26-14-18-11-15(3)7-8-16(18)4/h7-13H,5-6,14H2,1-4H3,(H2,22,24,27)/b23-13+. The summed E-state index contributed by atoms with van der Waals surface area (Å²) in [4.78, 5) is 0. The Morgan fingerprint density at radius 1 is 1.07 bits per heavy atom. The smallest absolute Gasteiger partial charge is 0.186 e. The van der Waals surface area contributed by atoms with Crippen LogP contribution in [0.15, 0.2) is 41.5 Å². The van der Waals surface area contributed by atoms with Crippen LogP contribution >= 0.6 is 12.2 Å². The highest BCUT2D eigenvalue weighted by molar-refractivity contribution is 7.80. The molecule has 0 radical (unpaired) electrons. The molecule has 2 N–H and O–H groups in total. The van der Waals surface area contributed by atoms with Gasteiger partial charge in [-0.1, -0.05) is 23.8 Å². The van der Waals surface area contributed by atoms with E-state index in [0.717, 1.165) is 12.1 Å². The maximum absolute atomic E-state index is 6.03. The van der Waals surface area contributed by atoms with Crippen LogP contribution in [0, 0.1) is 13.8 Å². The van der Waals surface area contributed by atoms with Crippen molar-refractivity contribution in [2.75, 3.05) is 13.2 Å². The molecule has 0 aromatic heterocycles. The molecule has 27 heavy (non-hydrogen) atoms. The van der Waals surface area contributed by atoms with E-state index in [2.05, 4.69) is 47.9 Å². The SMILES string of the molecule is CCNC(=S)N/N=C/c1ccc(OCc2cc(C)ccc2C)c(OCC)c1. The number of hydrogen-bond acceptors (Lipinski definition) is 4. The fourth-order valence-electron chi connectivity index (χ4n) is 2.47. The number of hydrazone groups is 1. The van der Waals surface area contributed by atoms with Gasteiger partial charge in [0.2, 0.25) is 0 Å². The van der Waals surface area contributed by atoms with E-state index < -0.39 is 0 Å². The summed E-state index contributed by atoms with van der Waals surface area (Å²) in [7, 11) is 0. The molecule has 0 bridgehead atoms. The number of ether oxygens (including phenoxy) is 2. The fraction of sp³-hybridized carbons (Fsp3) is 0.333. The zero-order valence-corrected chi connectivity index (χ0v) is 17.2. The van der Waals surface area contributed by atoms with Crippen LogP contribution in [-0.4, -0.2) is 24.5 Å². The minimum Gasteiger partial charge on any atom is -0.490 e. The third kappa shape index (κ3) is 6.57. The number of hydrogen-bond donors (Lipinski definition) is 2. The van der Waals surface area contributed by atoms with Gasteiger partial charge in [-0.15, -0.1) is 0 Å². The summed E-state index contributed by atoms with van der Waals surface area (Å²) in [5, 5.41) is 7.60. The largest absolute Gasteiger partial charge is 0.490 e. The lowest BCUT2D eigenvalue weighted by atomic mass is 10.1. The topological polar surface area (TPSA) is 54.9 Å². The van der Waals surface area contributed by atoms with Gasteiger partial charge in [0.15, 0.2) is 16.6 Å². The third-order valence-electron chi connectivity index (χ3n) is 3.87. The molecule has 0 heterocycles. The van der Waals surface area contributed by atoms with Gasteiger partial charge < -0.3 is 14.8 Å². The van der Waals surface area contributed by atoms with Crippen LogP contribution in [0.5, 0.6) is 11.5 Å². The Bertz CT molecular complexity index is 806. The molecular weight excluding hydrogens is 358 g/mol. The molecule has 0 amide bonds. The maximum atomic E-state index is 6.03. The van der Waals surface area contributed by atoms with Crippen LogP contribution in [0.3, 0.4) is 0 Å². The number of aryl methyl sites for hydroxylation is 2. The highest BCUT2D eigenvalue weighted by Gasteiger charge is 2.08. The molecule has 144 valence electrons. The summed E-state index contributed by atoms with van der Waals surface area (Å²) in [6.07, 6.45) is 1.70. The van der Waals surface area contributed by atoms with Gasteiger partial charge in [0, 0.05) is 6.54 Å². The second-order valence-corrected chi connectivity index (χ2v) is 6.50. The molecule has 5 nitrogen and oxygen atoms in total. The lowest BCUT2D eigenvalue weighted by Gasteiger charge is -2.14. The molecule has 2 aromatic carbocycles. The van der Waals surface area contributed by atoms with E-state index in [1.807, 2.05) is 32.0 Å². The maximum Gasteiger partial charge on any atom is 0.186 e. The molecule has 0 atom stereocenters. The van der Waals surface area contributed by atoms with Gasteiger partial charge in [-0.3, -0.25) is 5.43 Å². The first kappa shape index (κ1) is 20.7. The summed E-state index contributed by atoms with van der Waals surface area (Å²) in [6, 6.07) is 12.1. The summed E-state index contributed by atoms with van der Waals surface area (Å²) < 4.78 is 11.8. The summed E-state index contributed by atoms with van der Waals surface area (Å²) in [5.41, 5.74) is 7.27. The van der Waals surface area contributed by atoms with Crippen LogP contribution in [-0.2, 0) is 6.61 Å². The normalized spacial score (nSPS) is 10.7. The Balaban J connectivity index is 2.09. The number of benzene rings is 2. The first-order valence-corrected chi connectivity index (χ1v) is 9.47. The van der Waals surface area contributed by atoms with Gasteiger partial charge in [-0.2, -0.15) is 5.10 Å². The van der Waals surface area contributed by atoms with Crippen molar-refractivity contribution in [1.29, 1.82) is 0 Å². The van der Waals surface area contributed by atoms with E-state index in [9.17, 15) is 0 Å². The molecule has 0 spiro atoms. The van der Waals surface area contributed by atoms with Crippen molar-refractivity contribution in [3.05, 3.63) is 58.7 Å². The second-order valence-electron chi connectivity index (χ2n) is 6.09. The van der Waals surface area contributed by atoms with Crippen molar-refractivity contribution in [1.82, 2.24) is 10.7 Å². The van der Waals surface area contributed by atoms with E-state index in [0.29, 0.717) is 29.8 Å². The van der Waals surface area contributed by atoms with Gasteiger partial charge in [0.05, 0.1) is 12.8 Å². The highest BCUT2D eigenvalue weighted by Crippen LogP contribution is 2.29. The lowest BCUT2D eigenvalue weighted by Crippen LogP contribution is -2.31. The van der Waals surface area contributed by atoms with Crippen molar-refractivity contribution in [2.24, 2.45) is 5.10 Å². The van der Waals surface area contributed by atoms with Gasteiger partial charge in [0.1, 0.15) is 6.61 Å².